The summed E-state index contributed by atoms with van der Waals surface area (Å²) in [6.45, 7) is 21.8. The summed E-state index contributed by atoms with van der Waals surface area (Å²) >= 11 is 5.45. The zero-order valence-corrected chi connectivity index (χ0v) is 33.5. The fraction of sp³-hybridized carbons (Fsp3) is 0.865. The van der Waals surface area contributed by atoms with Crippen LogP contribution in [0.15, 0.2) is 0 Å². The van der Waals surface area contributed by atoms with Gasteiger partial charge in [-0.15, -0.1) is 11.6 Å². The molecule has 16 heteroatoms. The van der Waals surface area contributed by atoms with Gasteiger partial charge in [-0.3, -0.25) is 29.0 Å². The highest BCUT2D eigenvalue weighted by Gasteiger charge is 2.27. The third kappa shape index (κ3) is 17.1. The third-order valence-electron chi connectivity index (χ3n) is 10.0. The molecular formula is C37H67ClN8O7. The van der Waals surface area contributed by atoms with Gasteiger partial charge in [0.2, 0.25) is 23.6 Å². The van der Waals surface area contributed by atoms with Crippen LogP contribution in [0.3, 0.4) is 0 Å². The van der Waals surface area contributed by atoms with Crippen LogP contribution in [0.25, 0.3) is 0 Å². The van der Waals surface area contributed by atoms with Crippen molar-refractivity contribution >= 4 is 41.3 Å². The van der Waals surface area contributed by atoms with Gasteiger partial charge in [0.25, 0.3) is 0 Å². The maximum Gasteiger partial charge on any atom is 0.410 e. The lowest BCUT2D eigenvalue weighted by molar-refractivity contribution is -0.128. The van der Waals surface area contributed by atoms with Crippen molar-refractivity contribution in [1.29, 1.82) is 0 Å². The van der Waals surface area contributed by atoms with Crippen LogP contribution in [0.1, 0.15) is 72.1 Å². The first-order valence-corrected chi connectivity index (χ1v) is 20.3. The number of carbonyl (C=O) groups is 5. The van der Waals surface area contributed by atoms with Gasteiger partial charge < -0.3 is 39.7 Å². The lowest BCUT2D eigenvalue weighted by Crippen LogP contribution is -2.51. The van der Waals surface area contributed by atoms with Crippen molar-refractivity contribution in [3.05, 3.63) is 0 Å². The molecule has 0 radical (unpaired) electrons. The Kier molecular flexibility index (Phi) is 20.2. The number of alkyl halides is 1. The Morgan fingerprint density at radius 2 is 1.00 bits per heavy atom. The summed E-state index contributed by atoms with van der Waals surface area (Å²) in [5, 5.41) is 11.8. The molecule has 0 aromatic carbocycles. The molecule has 6 aliphatic heterocycles. The number of ether oxygens (including phenoxy) is 1. The molecule has 2 N–H and O–H groups in total. The van der Waals surface area contributed by atoms with Crippen molar-refractivity contribution in [3.8, 4) is 0 Å². The minimum Gasteiger partial charge on any atom is -0.444 e. The second-order valence-corrected chi connectivity index (χ2v) is 15.6. The van der Waals surface area contributed by atoms with Gasteiger partial charge in [-0.1, -0.05) is 0 Å². The average molecular weight is 771 g/mol. The Hall–Kier alpha value is -2.72. The van der Waals surface area contributed by atoms with Crippen LogP contribution in [-0.4, -0.2) is 205 Å². The Bertz CT molecular complexity index is 1120. The highest BCUT2D eigenvalue weighted by Crippen LogP contribution is 2.14. The minimum atomic E-state index is -0.440. The second kappa shape index (κ2) is 23.9. The first-order chi connectivity index (χ1) is 25.4. The topological polar surface area (TPSA) is 150 Å². The van der Waals surface area contributed by atoms with E-state index in [9.17, 15) is 24.0 Å². The number of amides is 5. The van der Waals surface area contributed by atoms with Crippen molar-refractivity contribution in [2.45, 2.75) is 77.7 Å². The number of nitrogens with one attached hydrogen (secondary N) is 1. The number of rotatable bonds is 10. The molecule has 6 rings (SSSR count). The summed E-state index contributed by atoms with van der Waals surface area (Å²) in [6, 6.07) is 0. The second-order valence-electron chi connectivity index (χ2n) is 15.3. The Labute approximate surface area is 322 Å². The molecule has 304 valence electrons. The van der Waals surface area contributed by atoms with E-state index in [4.69, 9.17) is 21.4 Å². The molecule has 6 aliphatic rings. The van der Waals surface area contributed by atoms with E-state index in [1.54, 1.807) is 9.80 Å². The number of carbonyl (C=O) groups excluding carboxylic acids is 5. The maximum atomic E-state index is 12.0. The lowest BCUT2D eigenvalue weighted by atomic mass is 10.2. The van der Waals surface area contributed by atoms with E-state index in [2.05, 4.69) is 15.1 Å². The van der Waals surface area contributed by atoms with Crippen LogP contribution >= 0.6 is 11.6 Å². The molecule has 0 bridgehead atoms. The number of hydrogen-bond acceptors (Lipinski definition) is 10. The molecule has 0 aromatic rings. The summed E-state index contributed by atoms with van der Waals surface area (Å²) < 4.78 is 5.38. The molecule has 0 aliphatic carbocycles. The molecule has 5 amide bonds. The standard InChI is InChI=1S/C15H27N3O3.C10H19N3O.C6H10ClNO.C6H11NO2/c1-15(2,3)21-14(20)18-11-8-16(9-12-18)7-10-17-6-4-5-13(17)19;14-10-2-1-5-13(10)9-8-12-6-3-11-4-7-12;7-3-5-8-4-1-2-6(8)9;8-5-4-7-3-1-2-6(7)9/h4-12H2,1-3H3;11H,1-9H2;1-5H2;8H,1-5H2. The summed E-state index contributed by atoms with van der Waals surface area (Å²) in [7, 11) is 0. The molecule has 0 atom stereocenters. The molecular weight excluding hydrogens is 704 g/mol. The van der Waals surface area contributed by atoms with Crippen molar-refractivity contribution in [2.24, 2.45) is 0 Å². The summed E-state index contributed by atoms with van der Waals surface area (Å²) in [6.07, 6.45) is 6.64. The number of aliphatic hydroxyl groups excluding tert-OH is 1. The number of hydrogen-bond donors (Lipinski definition) is 2. The van der Waals surface area contributed by atoms with Gasteiger partial charge >= 0.3 is 6.09 Å². The van der Waals surface area contributed by atoms with Gasteiger partial charge in [0, 0.05) is 149 Å². The Morgan fingerprint density at radius 3 is 1.36 bits per heavy atom. The number of aliphatic hydroxyl groups is 1. The monoisotopic (exact) mass is 770 g/mol. The van der Waals surface area contributed by atoms with E-state index in [1.807, 2.05) is 35.5 Å². The van der Waals surface area contributed by atoms with Gasteiger partial charge in [-0.2, -0.15) is 0 Å². The van der Waals surface area contributed by atoms with E-state index in [1.165, 1.54) is 0 Å². The van der Waals surface area contributed by atoms with E-state index < -0.39 is 5.60 Å². The van der Waals surface area contributed by atoms with Crippen LogP contribution in [0.5, 0.6) is 0 Å². The maximum absolute atomic E-state index is 12.0. The summed E-state index contributed by atoms with van der Waals surface area (Å²) in [4.78, 5) is 70.4. The largest absolute Gasteiger partial charge is 0.444 e. The van der Waals surface area contributed by atoms with Crippen molar-refractivity contribution in [3.63, 3.8) is 0 Å². The molecule has 6 heterocycles. The first kappa shape index (κ1) is 44.7. The van der Waals surface area contributed by atoms with Crippen molar-refractivity contribution < 1.29 is 33.8 Å². The zero-order valence-electron chi connectivity index (χ0n) is 32.7. The molecule has 0 unspecified atom stereocenters. The Balaban J connectivity index is 0.000000204. The van der Waals surface area contributed by atoms with Crippen molar-refractivity contribution in [1.82, 2.24) is 39.6 Å². The van der Waals surface area contributed by atoms with Crippen LogP contribution < -0.4 is 5.32 Å². The number of piperazine rings is 2. The highest BCUT2D eigenvalue weighted by atomic mass is 35.5. The predicted octanol–water partition coefficient (Wildman–Crippen LogP) is 1.12. The van der Waals surface area contributed by atoms with Crippen LogP contribution in [0.4, 0.5) is 4.79 Å². The summed E-state index contributed by atoms with van der Waals surface area (Å²) in [5.41, 5.74) is -0.440. The average Bonchev–Trinajstić information content (AvgIpc) is 3.95. The molecule has 0 saturated carbocycles. The van der Waals surface area contributed by atoms with E-state index in [-0.39, 0.29) is 30.4 Å². The smallest absolute Gasteiger partial charge is 0.410 e. The van der Waals surface area contributed by atoms with Crippen LogP contribution in [0, 0.1) is 0 Å². The third-order valence-corrected chi connectivity index (χ3v) is 10.2. The molecule has 6 fully saturated rings. The van der Waals surface area contributed by atoms with Crippen LogP contribution in [-0.2, 0) is 23.9 Å². The molecule has 6 saturated heterocycles. The number of halogens is 1. The van der Waals surface area contributed by atoms with E-state index >= 15 is 0 Å². The van der Waals surface area contributed by atoms with Gasteiger partial charge in [-0.25, -0.2) is 4.79 Å². The number of nitrogens with zero attached hydrogens (tertiary/aromatic N) is 7. The highest BCUT2D eigenvalue weighted by molar-refractivity contribution is 6.18. The number of β-amino-alcohol motifs (C(OH)–C–C–N with tert-alkyl or cyclic N) is 1. The van der Waals surface area contributed by atoms with E-state index in [0.29, 0.717) is 44.3 Å². The molecule has 0 aromatic heterocycles. The van der Waals surface area contributed by atoms with Gasteiger partial charge in [0.1, 0.15) is 5.60 Å². The zero-order chi connectivity index (χ0) is 38.6. The molecule has 15 nitrogen and oxygen atoms in total. The fourth-order valence-corrected chi connectivity index (χ4v) is 7.13. The van der Waals surface area contributed by atoms with Gasteiger partial charge in [0.15, 0.2) is 0 Å². The first-order valence-electron chi connectivity index (χ1n) is 19.8. The molecule has 53 heavy (non-hydrogen) atoms. The van der Waals surface area contributed by atoms with Crippen molar-refractivity contribution in [2.75, 3.05) is 130 Å². The normalized spacial score (nSPS) is 21.3. The SMILES string of the molecule is CC(C)(C)OC(=O)N1CCN(CCN2CCCC2=O)CC1.O=C1CCCN1CCCl.O=C1CCCN1CCN1CCNCC1.O=C1CCCN1CCO. The Morgan fingerprint density at radius 1 is 0.604 bits per heavy atom. The quantitative estimate of drug-likeness (QED) is 0.310. The number of likely N-dealkylation sites (tertiary alicyclic amines) is 4. The summed E-state index contributed by atoms with van der Waals surface area (Å²) in [5.74, 6) is 1.63. The van der Waals surface area contributed by atoms with Crippen LogP contribution in [0.2, 0.25) is 0 Å². The van der Waals surface area contributed by atoms with Gasteiger partial charge in [0.05, 0.1) is 6.61 Å². The lowest BCUT2D eigenvalue weighted by Gasteiger charge is -2.36. The van der Waals surface area contributed by atoms with E-state index in [0.717, 1.165) is 137 Å². The predicted molar refractivity (Wildman–Crippen MR) is 205 cm³/mol. The molecule has 0 spiro atoms. The minimum absolute atomic E-state index is 0.0890. The fourth-order valence-electron chi connectivity index (χ4n) is 6.92. The van der Waals surface area contributed by atoms with Gasteiger partial charge in [-0.05, 0) is 46.5 Å².